The van der Waals surface area contributed by atoms with Crippen LogP contribution in [0, 0.1) is 6.92 Å². The Morgan fingerprint density at radius 2 is 1.89 bits per heavy atom. The van der Waals surface area contributed by atoms with Crippen molar-refractivity contribution in [1.82, 2.24) is 0 Å². The molecule has 3 nitrogen and oxygen atoms in total. The maximum atomic E-state index is 9.87. The lowest BCUT2D eigenvalue weighted by atomic mass is 10.1. The molecule has 0 spiro atoms. The first-order valence-electron chi connectivity index (χ1n) is 6.31. The first-order valence-corrected chi connectivity index (χ1v) is 6.31. The minimum Gasteiger partial charge on any atom is -0.508 e. The van der Waals surface area contributed by atoms with Gasteiger partial charge < -0.3 is 15.2 Å². The zero-order valence-corrected chi connectivity index (χ0v) is 11.5. The van der Waals surface area contributed by atoms with Crippen LogP contribution in [-0.4, -0.2) is 12.2 Å². The van der Waals surface area contributed by atoms with E-state index in [0.717, 1.165) is 22.6 Å². The summed E-state index contributed by atoms with van der Waals surface area (Å²) in [5.41, 5.74) is 2.96. The van der Waals surface area contributed by atoms with E-state index < -0.39 is 0 Å². The SMILES string of the molecule is COc1ccc(C)cc1NC(C)c1ccccc1O. The summed E-state index contributed by atoms with van der Waals surface area (Å²) in [5.74, 6) is 1.10. The summed E-state index contributed by atoms with van der Waals surface area (Å²) >= 11 is 0. The summed E-state index contributed by atoms with van der Waals surface area (Å²) in [4.78, 5) is 0. The lowest BCUT2D eigenvalue weighted by Crippen LogP contribution is -2.08. The smallest absolute Gasteiger partial charge is 0.141 e. The predicted octanol–water partition coefficient (Wildman–Crippen LogP) is 3.88. The van der Waals surface area contributed by atoms with Gasteiger partial charge >= 0.3 is 0 Å². The van der Waals surface area contributed by atoms with Crippen LogP contribution in [0.25, 0.3) is 0 Å². The minimum atomic E-state index is -0.00287. The number of anilines is 1. The fourth-order valence-corrected chi connectivity index (χ4v) is 2.10. The van der Waals surface area contributed by atoms with Gasteiger partial charge in [-0.1, -0.05) is 24.3 Å². The van der Waals surface area contributed by atoms with E-state index in [4.69, 9.17) is 4.74 Å². The predicted molar refractivity (Wildman–Crippen MR) is 77.9 cm³/mol. The van der Waals surface area contributed by atoms with E-state index in [0.29, 0.717) is 5.75 Å². The van der Waals surface area contributed by atoms with Crippen molar-refractivity contribution in [3.05, 3.63) is 53.6 Å². The molecule has 0 heterocycles. The number of para-hydroxylation sites is 1. The van der Waals surface area contributed by atoms with E-state index >= 15 is 0 Å². The van der Waals surface area contributed by atoms with Gasteiger partial charge in [0.05, 0.1) is 18.8 Å². The number of aryl methyl sites for hydroxylation is 1. The van der Waals surface area contributed by atoms with Gasteiger partial charge in [-0.3, -0.25) is 0 Å². The average molecular weight is 257 g/mol. The van der Waals surface area contributed by atoms with Crippen LogP contribution in [-0.2, 0) is 0 Å². The number of aromatic hydroxyl groups is 1. The van der Waals surface area contributed by atoms with Gasteiger partial charge in [-0.05, 0) is 37.6 Å². The maximum Gasteiger partial charge on any atom is 0.141 e. The molecule has 0 radical (unpaired) electrons. The molecule has 1 unspecified atom stereocenters. The van der Waals surface area contributed by atoms with Gasteiger partial charge in [0.25, 0.3) is 0 Å². The zero-order valence-electron chi connectivity index (χ0n) is 11.5. The summed E-state index contributed by atoms with van der Waals surface area (Å²) in [5, 5.41) is 13.2. The molecular weight excluding hydrogens is 238 g/mol. The number of hydrogen-bond donors (Lipinski definition) is 2. The number of ether oxygens (including phenoxy) is 1. The van der Waals surface area contributed by atoms with Gasteiger partial charge in [-0.15, -0.1) is 0 Å². The molecule has 2 rings (SSSR count). The molecule has 0 saturated heterocycles. The third-order valence-corrected chi connectivity index (χ3v) is 3.13. The highest BCUT2D eigenvalue weighted by Crippen LogP contribution is 2.31. The van der Waals surface area contributed by atoms with Crippen molar-refractivity contribution in [3.63, 3.8) is 0 Å². The van der Waals surface area contributed by atoms with E-state index in [9.17, 15) is 5.11 Å². The highest BCUT2D eigenvalue weighted by atomic mass is 16.5. The maximum absolute atomic E-state index is 9.87. The van der Waals surface area contributed by atoms with Crippen molar-refractivity contribution in [2.45, 2.75) is 19.9 Å². The van der Waals surface area contributed by atoms with E-state index in [1.54, 1.807) is 13.2 Å². The summed E-state index contributed by atoms with van der Waals surface area (Å²) in [6.07, 6.45) is 0. The lowest BCUT2D eigenvalue weighted by Gasteiger charge is -2.19. The van der Waals surface area contributed by atoms with Crippen molar-refractivity contribution >= 4 is 5.69 Å². The molecule has 0 bridgehead atoms. The fourth-order valence-electron chi connectivity index (χ4n) is 2.10. The second-order valence-electron chi connectivity index (χ2n) is 4.63. The number of phenols is 1. The third-order valence-electron chi connectivity index (χ3n) is 3.13. The van der Waals surface area contributed by atoms with Crippen molar-refractivity contribution in [2.75, 3.05) is 12.4 Å². The van der Waals surface area contributed by atoms with Crippen LogP contribution >= 0.6 is 0 Å². The van der Waals surface area contributed by atoms with Gasteiger partial charge in [0.2, 0.25) is 0 Å². The molecule has 0 aliphatic carbocycles. The molecule has 0 amide bonds. The number of hydrogen-bond acceptors (Lipinski definition) is 3. The normalized spacial score (nSPS) is 11.9. The van der Waals surface area contributed by atoms with Crippen molar-refractivity contribution in [2.24, 2.45) is 0 Å². The molecule has 19 heavy (non-hydrogen) atoms. The second-order valence-corrected chi connectivity index (χ2v) is 4.63. The average Bonchev–Trinajstić information content (AvgIpc) is 2.39. The molecule has 2 N–H and O–H groups in total. The van der Waals surface area contributed by atoms with E-state index in [1.165, 1.54) is 0 Å². The number of rotatable bonds is 4. The number of phenolic OH excluding ortho intramolecular Hbond substituents is 1. The van der Waals surface area contributed by atoms with Crippen LogP contribution in [0.15, 0.2) is 42.5 Å². The number of nitrogens with one attached hydrogen (secondary N) is 1. The van der Waals surface area contributed by atoms with Crippen LogP contribution in [0.4, 0.5) is 5.69 Å². The standard InChI is InChI=1S/C16H19NO2/c1-11-8-9-16(19-3)14(10-11)17-12(2)13-6-4-5-7-15(13)18/h4-10,12,17-18H,1-3H3. The summed E-state index contributed by atoms with van der Waals surface area (Å²) < 4.78 is 5.34. The van der Waals surface area contributed by atoms with Gasteiger partial charge in [0.15, 0.2) is 0 Å². The van der Waals surface area contributed by atoms with Crippen LogP contribution in [0.5, 0.6) is 11.5 Å². The van der Waals surface area contributed by atoms with Crippen LogP contribution in [0.3, 0.4) is 0 Å². The molecule has 0 saturated carbocycles. The van der Waals surface area contributed by atoms with Crippen molar-refractivity contribution < 1.29 is 9.84 Å². The van der Waals surface area contributed by atoms with Crippen molar-refractivity contribution in [1.29, 1.82) is 0 Å². The van der Waals surface area contributed by atoms with E-state index in [-0.39, 0.29) is 6.04 Å². The molecule has 0 aliphatic heterocycles. The molecule has 0 aliphatic rings. The molecule has 0 aromatic heterocycles. The molecule has 100 valence electrons. The summed E-state index contributed by atoms with van der Waals surface area (Å²) in [6.45, 7) is 4.05. The summed E-state index contributed by atoms with van der Waals surface area (Å²) in [7, 11) is 1.65. The highest BCUT2D eigenvalue weighted by Gasteiger charge is 2.12. The molecule has 3 heteroatoms. The Hall–Kier alpha value is -2.16. The minimum absolute atomic E-state index is 0.00287. The van der Waals surface area contributed by atoms with Gasteiger partial charge in [-0.25, -0.2) is 0 Å². The fraction of sp³-hybridized carbons (Fsp3) is 0.250. The Morgan fingerprint density at radius 3 is 2.58 bits per heavy atom. The number of benzene rings is 2. The van der Waals surface area contributed by atoms with E-state index in [2.05, 4.69) is 5.32 Å². The van der Waals surface area contributed by atoms with Gasteiger partial charge in [-0.2, -0.15) is 0 Å². The van der Waals surface area contributed by atoms with Crippen molar-refractivity contribution in [3.8, 4) is 11.5 Å². The Kier molecular flexibility index (Phi) is 3.95. The van der Waals surface area contributed by atoms with Crippen LogP contribution in [0.1, 0.15) is 24.1 Å². The zero-order chi connectivity index (χ0) is 13.8. The largest absolute Gasteiger partial charge is 0.508 e. The molecular formula is C16H19NO2. The first-order chi connectivity index (χ1) is 9.11. The second kappa shape index (κ2) is 5.65. The Morgan fingerprint density at radius 1 is 1.16 bits per heavy atom. The molecule has 1 atom stereocenters. The monoisotopic (exact) mass is 257 g/mol. The first kappa shape index (κ1) is 13.3. The van der Waals surface area contributed by atoms with Crippen LogP contribution in [0.2, 0.25) is 0 Å². The third kappa shape index (κ3) is 2.99. The Bertz CT molecular complexity index is 566. The quantitative estimate of drug-likeness (QED) is 0.873. The van der Waals surface area contributed by atoms with Gasteiger partial charge in [0.1, 0.15) is 11.5 Å². The molecule has 2 aromatic rings. The van der Waals surface area contributed by atoms with E-state index in [1.807, 2.05) is 50.2 Å². The molecule has 2 aromatic carbocycles. The lowest BCUT2D eigenvalue weighted by molar-refractivity contribution is 0.416. The van der Waals surface area contributed by atoms with Crippen LogP contribution < -0.4 is 10.1 Å². The highest BCUT2D eigenvalue weighted by molar-refractivity contribution is 5.59. The number of methoxy groups -OCH3 is 1. The summed E-state index contributed by atoms with van der Waals surface area (Å²) in [6, 6.07) is 13.3. The Balaban J connectivity index is 2.26. The Labute approximate surface area is 113 Å². The molecule has 0 fully saturated rings. The van der Waals surface area contributed by atoms with Gasteiger partial charge in [0, 0.05) is 5.56 Å². The topological polar surface area (TPSA) is 41.5 Å².